The van der Waals surface area contributed by atoms with Crippen molar-refractivity contribution in [1.29, 1.82) is 0 Å². The summed E-state index contributed by atoms with van der Waals surface area (Å²) in [5.41, 5.74) is 2.97. The van der Waals surface area contributed by atoms with E-state index < -0.39 is 0 Å². The van der Waals surface area contributed by atoms with E-state index in [0.717, 1.165) is 19.3 Å². The van der Waals surface area contributed by atoms with Crippen molar-refractivity contribution < 1.29 is 5.32 Å². The van der Waals surface area contributed by atoms with E-state index in [-0.39, 0.29) is 0 Å². The topological polar surface area (TPSA) is 16.6 Å². The van der Waals surface area contributed by atoms with Gasteiger partial charge < -0.3 is 5.32 Å². The van der Waals surface area contributed by atoms with Gasteiger partial charge in [-0.2, -0.15) is 0 Å². The van der Waals surface area contributed by atoms with Crippen LogP contribution in [0, 0.1) is 0 Å². The molecule has 1 heteroatoms. The number of benzene rings is 1. The molecule has 0 saturated heterocycles. The summed E-state index contributed by atoms with van der Waals surface area (Å²) in [5, 5.41) is 2.47. The Morgan fingerprint density at radius 1 is 1.11 bits per heavy atom. The second kappa shape index (κ2) is 7.10. The number of rotatable bonds is 6. The fraction of sp³-hybridized carbons (Fsp3) is 0.333. The Morgan fingerprint density at radius 3 is 2.53 bits per heavy atom. The predicted molar refractivity (Wildman–Crippen MR) is 82.0 cm³/mol. The van der Waals surface area contributed by atoms with E-state index >= 15 is 0 Å². The Morgan fingerprint density at radius 2 is 1.84 bits per heavy atom. The molecule has 1 aliphatic heterocycles. The molecule has 0 aromatic heterocycles. The van der Waals surface area contributed by atoms with E-state index in [1.54, 1.807) is 5.57 Å². The van der Waals surface area contributed by atoms with Crippen molar-refractivity contribution in [2.45, 2.75) is 37.8 Å². The van der Waals surface area contributed by atoms with Gasteiger partial charge in [0.25, 0.3) is 0 Å². The van der Waals surface area contributed by atoms with Crippen molar-refractivity contribution in [3.05, 3.63) is 72.9 Å². The molecule has 1 nitrogen and oxygen atoms in total. The van der Waals surface area contributed by atoms with E-state index in [4.69, 9.17) is 0 Å². The molecule has 0 radical (unpaired) electrons. The average Bonchev–Trinajstić information content (AvgIpc) is 2.40. The molecule has 1 aromatic rings. The first-order valence-electron chi connectivity index (χ1n) is 7.12. The van der Waals surface area contributed by atoms with Crippen LogP contribution in [0.25, 0.3) is 0 Å². The van der Waals surface area contributed by atoms with Gasteiger partial charge >= 0.3 is 0 Å². The SMILES string of the molecule is C=CC[C@@H]1CC(Cc2ccccc2)=C[C@@H](CC=C)[NH2+]1. The van der Waals surface area contributed by atoms with Crippen LogP contribution in [0.4, 0.5) is 0 Å². The second-order valence-electron chi connectivity index (χ2n) is 5.36. The van der Waals surface area contributed by atoms with Gasteiger partial charge in [0.1, 0.15) is 6.04 Å². The lowest BCUT2D eigenvalue weighted by atomic mass is 9.90. The van der Waals surface area contributed by atoms with Crippen molar-refractivity contribution in [2.24, 2.45) is 0 Å². The Labute approximate surface area is 116 Å². The molecule has 1 aromatic carbocycles. The maximum atomic E-state index is 3.88. The highest BCUT2D eigenvalue weighted by Crippen LogP contribution is 2.18. The second-order valence-corrected chi connectivity index (χ2v) is 5.36. The molecule has 2 rings (SSSR count). The van der Waals surface area contributed by atoms with Gasteiger partial charge in [-0.25, -0.2) is 0 Å². The highest BCUT2D eigenvalue weighted by molar-refractivity contribution is 5.23. The lowest BCUT2D eigenvalue weighted by molar-refractivity contribution is -0.713. The minimum absolute atomic E-state index is 0.551. The standard InChI is InChI=1S/C18H23N/c1-3-8-17-13-16(14-18(19-17)9-4-2)12-15-10-6-5-7-11-15/h3-7,10-11,13,17-19H,1-2,8-9,12,14H2/p+1/t17-,18-/m1/s1. The third-order valence-electron chi connectivity index (χ3n) is 3.68. The summed E-state index contributed by atoms with van der Waals surface area (Å²) in [6.45, 7) is 7.74. The van der Waals surface area contributed by atoms with Crippen LogP contribution in [0.2, 0.25) is 0 Å². The molecule has 0 spiro atoms. The number of nitrogens with two attached hydrogens (primary N) is 1. The summed E-state index contributed by atoms with van der Waals surface area (Å²) in [5.74, 6) is 0. The minimum atomic E-state index is 0.551. The van der Waals surface area contributed by atoms with Gasteiger partial charge in [-0.1, -0.05) is 48.1 Å². The van der Waals surface area contributed by atoms with Gasteiger partial charge in [0.15, 0.2) is 0 Å². The summed E-state index contributed by atoms with van der Waals surface area (Å²) < 4.78 is 0. The van der Waals surface area contributed by atoms with Crippen LogP contribution in [0.15, 0.2) is 67.3 Å². The third-order valence-corrected chi connectivity index (χ3v) is 3.68. The van der Waals surface area contributed by atoms with Gasteiger partial charge in [-0.15, -0.1) is 13.2 Å². The summed E-state index contributed by atoms with van der Waals surface area (Å²) in [6, 6.07) is 11.9. The molecule has 0 unspecified atom stereocenters. The lowest BCUT2D eigenvalue weighted by Crippen LogP contribution is -2.95. The molecule has 1 heterocycles. The first-order valence-corrected chi connectivity index (χ1v) is 7.12. The fourth-order valence-corrected chi connectivity index (χ4v) is 2.88. The van der Waals surface area contributed by atoms with Gasteiger partial charge in [0.2, 0.25) is 0 Å². The molecule has 0 amide bonds. The van der Waals surface area contributed by atoms with Gasteiger partial charge in [0.05, 0.1) is 6.04 Å². The van der Waals surface area contributed by atoms with E-state index in [0.29, 0.717) is 12.1 Å². The van der Waals surface area contributed by atoms with Crippen LogP contribution in [-0.4, -0.2) is 12.1 Å². The van der Waals surface area contributed by atoms with Crippen molar-refractivity contribution in [1.82, 2.24) is 0 Å². The maximum Gasteiger partial charge on any atom is 0.108 e. The first kappa shape index (κ1) is 13.8. The van der Waals surface area contributed by atoms with Crippen LogP contribution < -0.4 is 5.32 Å². The summed E-state index contributed by atoms with van der Waals surface area (Å²) in [4.78, 5) is 0. The van der Waals surface area contributed by atoms with Crippen LogP contribution in [0.5, 0.6) is 0 Å². The molecule has 0 fully saturated rings. The number of hydrogen-bond donors (Lipinski definition) is 1. The van der Waals surface area contributed by atoms with Crippen LogP contribution >= 0.6 is 0 Å². The Balaban J connectivity index is 2.07. The molecule has 100 valence electrons. The molecule has 0 aliphatic carbocycles. The zero-order chi connectivity index (χ0) is 13.5. The van der Waals surface area contributed by atoms with Gasteiger partial charge in [-0.05, 0) is 18.1 Å². The van der Waals surface area contributed by atoms with Crippen molar-refractivity contribution in [3.63, 3.8) is 0 Å². The molecule has 0 bridgehead atoms. The maximum absolute atomic E-state index is 3.88. The van der Waals surface area contributed by atoms with E-state index in [1.807, 2.05) is 12.2 Å². The number of quaternary nitrogens is 1. The van der Waals surface area contributed by atoms with Gasteiger partial charge in [-0.3, -0.25) is 0 Å². The Hall–Kier alpha value is -1.60. The van der Waals surface area contributed by atoms with Crippen molar-refractivity contribution >= 4 is 0 Å². The lowest BCUT2D eigenvalue weighted by Gasteiger charge is -2.26. The largest absolute Gasteiger partial charge is 0.337 e. The van der Waals surface area contributed by atoms with E-state index in [1.165, 1.54) is 12.0 Å². The van der Waals surface area contributed by atoms with Crippen LogP contribution in [0.1, 0.15) is 24.8 Å². The van der Waals surface area contributed by atoms with E-state index in [2.05, 4.69) is 54.9 Å². The smallest absolute Gasteiger partial charge is 0.108 e. The fourth-order valence-electron chi connectivity index (χ4n) is 2.88. The monoisotopic (exact) mass is 254 g/mol. The van der Waals surface area contributed by atoms with Crippen LogP contribution in [0.3, 0.4) is 0 Å². The molecule has 2 atom stereocenters. The van der Waals surface area contributed by atoms with Gasteiger partial charge in [0, 0.05) is 19.3 Å². The Bertz CT molecular complexity index is 444. The van der Waals surface area contributed by atoms with Crippen molar-refractivity contribution in [3.8, 4) is 0 Å². The third kappa shape index (κ3) is 4.22. The summed E-state index contributed by atoms with van der Waals surface area (Å²) in [7, 11) is 0. The highest BCUT2D eigenvalue weighted by Gasteiger charge is 2.23. The summed E-state index contributed by atoms with van der Waals surface area (Å²) >= 11 is 0. The molecule has 19 heavy (non-hydrogen) atoms. The average molecular weight is 254 g/mol. The quantitative estimate of drug-likeness (QED) is 0.752. The van der Waals surface area contributed by atoms with Crippen LogP contribution in [-0.2, 0) is 6.42 Å². The molecule has 0 saturated carbocycles. The molecular formula is C18H24N+. The molecule has 2 N–H and O–H groups in total. The zero-order valence-corrected chi connectivity index (χ0v) is 11.6. The number of hydrogen-bond acceptors (Lipinski definition) is 0. The normalized spacial score (nSPS) is 22.6. The Kier molecular flexibility index (Phi) is 5.17. The molecular weight excluding hydrogens is 230 g/mol. The highest BCUT2D eigenvalue weighted by atomic mass is 15.0. The van der Waals surface area contributed by atoms with Crippen molar-refractivity contribution in [2.75, 3.05) is 0 Å². The predicted octanol–water partition coefficient (Wildman–Crippen LogP) is 3.01. The molecule has 1 aliphatic rings. The minimum Gasteiger partial charge on any atom is -0.337 e. The van der Waals surface area contributed by atoms with E-state index in [9.17, 15) is 0 Å². The summed E-state index contributed by atoms with van der Waals surface area (Å²) in [6.07, 6.45) is 10.9. The zero-order valence-electron chi connectivity index (χ0n) is 11.6. The first-order chi connectivity index (χ1) is 9.31.